The van der Waals surface area contributed by atoms with E-state index in [1.54, 1.807) is 0 Å². The van der Waals surface area contributed by atoms with Crippen molar-refractivity contribution in [1.29, 1.82) is 5.26 Å². The molecule has 4 heterocycles. The highest BCUT2D eigenvalue weighted by atomic mass is 16.3. The minimum Gasteiger partial charge on any atom is -0.378 e. The van der Waals surface area contributed by atoms with E-state index in [4.69, 9.17) is 10.2 Å². The molecule has 1 atom stereocenters. The fourth-order valence-corrected chi connectivity index (χ4v) is 5.25. The summed E-state index contributed by atoms with van der Waals surface area (Å²) < 4.78 is 2.38. The van der Waals surface area contributed by atoms with Gasteiger partial charge in [0.05, 0.1) is 17.8 Å². The van der Waals surface area contributed by atoms with Crippen LogP contribution in [0.3, 0.4) is 0 Å². The minimum absolute atomic E-state index is 0.358. The van der Waals surface area contributed by atoms with Crippen LogP contribution < -0.4 is 0 Å². The van der Waals surface area contributed by atoms with Crippen LogP contribution in [0.15, 0.2) is 18.5 Å². The molecule has 2 N–H and O–H groups in total. The van der Waals surface area contributed by atoms with E-state index in [1.165, 1.54) is 0 Å². The predicted molar refractivity (Wildman–Crippen MR) is 111 cm³/mol. The molecule has 0 bridgehead atoms. The van der Waals surface area contributed by atoms with Crippen molar-refractivity contribution in [3.05, 3.63) is 24.3 Å². The van der Waals surface area contributed by atoms with E-state index < -0.39 is 6.23 Å². The molecule has 0 spiro atoms. The molecule has 0 radical (unpaired) electrons. The number of H-pyrrole nitrogens is 1. The lowest BCUT2D eigenvalue weighted by atomic mass is 9.84. The average Bonchev–Trinajstić information content (AvgIpc) is 3.47. The maximum absolute atomic E-state index is 10.9. The molecule has 0 amide bonds. The highest BCUT2D eigenvalue weighted by Crippen LogP contribution is 2.38. The smallest absolute Gasteiger partial charge is 0.139 e. The molecule has 2 fully saturated rings. The second kappa shape index (κ2) is 7.77. The number of aliphatic hydroxyl groups excluding tert-OH is 1. The molecular formula is C22H28N6O. The van der Waals surface area contributed by atoms with Gasteiger partial charge in [0.25, 0.3) is 0 Å². The maximum Gasteiger partial charge on any atom is 0.139 e. The molecule has 3 aromatic heterocycles. The van der Waals surface area contributed by atoms with Crippen molar-refractivity contribution >= 4 is 22.1 Å². The highest BCUT2D eigenvalue weighted by Gasteiger charge is 2.29. The Labute approximate surface area is 170 Å². The summed E-state index contributed by atoms with van der Waals surface area (Å²) in [6, 6.07) is 4.77. The Kier molecular flexibility index (Phi) is 4.98. The number of hydrogen-bond acceptors (Lipinski definition) is 5. The third-order valence-electron chi connectivity index (χ3n) is 6.80. The molecule has 7 heteroatoms. The number of hydrogen-bond donors (Lipinski definition) is 2. The largest absolute Gasteiger partial charge is 0.378 e. The van der Waals surface area contributed by atoms with Crippen LogP contribution in [-0.2, 0) is 6.42 Å². The molecule has 0 aromatic carbocycles. The zero-order valence-electron chi connectivity index (χ0n) is 16.7. The van der Waals surface area contributed by atoms with Crippen molar-refractivity contribution in [2.75, 3.05) is 13.1 Å². The number of nitrogens with zero attached hydrogens (tertiary/aromatic N) is 5. The molecule has 152 valence electrons. The van der Waals surface area contributed by atoms with Gasteiger partial charge in [-0.05, 0) is 50.5 Å². The van der Waals surface area contributed by atoms with Crippen LogP contribution in [0.2, 0.25) is 0 Å². The number of rotatable bonds is 5. The lowest BCUT2D eigenvalue weighted by Crippen LogP contribution is -2.35. The van der Waals surface area contributed by atoms with Crippen LogP contribution in [0.1, 0.15) is 56.8 Å². The molecule has 29 heavy (non-hydrogen) atoms. The maximum atomic E-state index is 10.9. The number of aliphatic hydroxyl groups is 1. The van der Waals surface area contributed by atoms with Gasteiger partial charge in [-0.25, -0.2) is 9.97 Å². The van der Waals surface area contributed by atoms with Crippen LogP contribution in [0.5, 0.6) is 0 Å². The molecule has 1 aliphatic carbocycles. The Balaban J connectivity index is 1.53. The van der Waals surface area contributed by atoms with Gasteiger partial charge in [-0.2, -0.15) is 5.26 Å². The molecule has 1 saturated heterocycles. The standard InChI is InChI=1S/C22H28N6O/c23-9-7-15-3-5-16(6-4-15)28-19(13-20(29)27-11-1-2-12-27)26-18-14-25-22-17(21(18)28)8-10-24-22/h8,10,14-16,20,29H,1-7,11-13H2,(H,24,25). The third-order valence-corrected chi connectivity index (χ3v) is 6.80. The molecule has 1 saturated carbocycles. The summed E-state index contributed by atoms with van der Waals surface area (Å²) in [4.78, 5) is 14.8. The number of imidazole rings is 1. The number of nitrogens with one attached hydrogen (secondary N) is 1. The summed E-state index contributed by atoms with van der Waals surface area (Å²) in [5.41, 5.74) is 2.91. The Morgan fingerprint density at radius 1 is 1.24 bits per heavy atom. The molecular weight excluding hydrogens is 364 g/mol. The van der Waals surface area contributed by atoms with Gasteiger partial charge in [0.1, 0.15) is 23.2 Å². The summed E-state index contributed by atoms with van der Waals surface area (Å²) >= 11 is 0. The minimum atomic E-state index is -0.488. The van der Waals surface area contributed by atoms with E-state index in [1.807, 2.05) is 12.4 Å². The molecule has 5 rings (SSSR count). The molecule has 7 nitrogen and oxygen atoms in total. The fraction of sp³-hybridized carbons (Fsp3) is 0.591. The van der Waals surface area contributed by atoms with Crippen molar-refractivity contribution in [1.82, 2.24) is 24.4 Å². The van der Waals surface area contributed by atoms with Crippen molar-refractivity contribution in [2.45, 2.75) is 63.6 Å². The van der Waals surface area contributed by atoms with Crippen molar-refractivity contribution in [2.24, 2.45) is 5.92 Å². The third kappa shape index (κ3) is 3.41. The first-order chi connectivity index (χ1) is 14.2. The summed E-state index contributed by atoms with van der Waals surface area (Å²) in [5.74, 6) is 1.47. The fourth-order valence-electron chi connectivity index (χ4n) is 5.25. The van der Waals surface area contributed by atoms with Gasteiger partial charge in [-0.15, -0.1) is 0 Å². The predicted octanol–water partition coefficient (Wildman–Crippen LogP) is 3.51. The van der Waals surface area contributed by atoms with Crippen LogP contribution in [0, 0.1) is 17.2 Å². The number of aromatic nitrogens is 4. The van der Waals surface area contributed by atoms with Gasteiger partial charge in [0.15, 0.2) is 0 Å². The monoisotopic (exact) mass is 392 g/mol. The van der Waals surface area contributed by atoms with Crippen LogP contribution in [-0.4, -0.2) is 48.8 Å². The van der Waals surface area contributed by atoms with E-state index >= 15 is 0 Å². The first-order valence-corrected chi connectivity index (χ1v) is 10.9. The first-order valence-electron chi connectivity index (χ1n) is 10.9. The lowest BCUT2D eigenvalue weighted by molar-refractivity contribution is 0.0188. The summed E-state index contributed by atoms with van der Waals surface area (Å²) in [7, 11) is 0. The highest BCUT2D eigenvalue weighted by molar-refractivity contribution is 6.01. The van der Waals surface area contributed by atoms with Gasteiger partial charge in [-0.1, -0.05) is 0 Å². The number of pyridine rings is 1. The summed E-state index contributed by atoms with van der Waals surface area (Å²) in [6.07, 6.45) is 11.1. The number of nitriles is 1. The van der Waals surface area contributed by atoms with E-state index in [0.29, 0.717) is 24.8 Å². The van der Waals surface area contributed by atoms with Gasteiger partial charge in [0.2, 0.25) is 0 Å². The van der Waals surface area contributed by atoms with Crippen LogP contribution in [0.4, 0.5) is 0 Å². The SMILES string of the molecule is N#CCC1CCC(n2c(CC(O)N3CCCC3)nc3cnc4[nH]ccc4c32)CC1. The Bertz CT molecular complexity index is 1030. The van der Waals surface area contributed by atoms with E-state index in [0.717, 1.165) is 79.5 Å². The topological polar surface area (TPSA) is 93.8 Å². The lowest BCUT2D eigenvalue weighted by Gasteiger charge is -2.30. The average molecular weight is 393 g/mol. The second-order valence-corrected chi connectivity index (χ2v) is 8.59. The summed E-state index contributed by atoms with van der Waals surface area (Å²) in [6.45, 7) is 1.93. The number of aromatic amines is 1. The van der Waals surface area contributed by atoms with Crippen molar-refractivity contribution in [3.8, 4) is 6.07 Å². The summed E-state index contributed by atoms with van der Waals surface area (Å²) in [5, 5.41) is 21.0. The number of likely N-dealkylation sites (tertiary alicyclic amines) is 1. The zero-order chi connectivity index (χ0) is 19.8. The second-order valence-electron chi connectivity index (χ2n) is 8.59. The first kappa shape index (κ1) is 18.6. The van der Waals surface area contributed by atoms with Crippen molar-refractivity contribution in [3.63, 3.8) is 0 Å². The van der Waals surface area contributed by atoms with Gasteiger partial charge in [0, 0.05) is 43.6 Å². The molecule has 3 aromatic rings. The molecule has 1 unspecified atom stereocenters. The van der Waals surface area contributed by atoms with Gasteiger partial charge >= 0.3 is 0 Å². The van der Waals surface area contributed by atoms with Gasteiger partial charge < -0.3 is 14.7 Å². The van der Waals surface area contributed by atoms with Crippen LogP contribution in [0.25, 0.3) is 22.1 Å². The Morgan fingerprint density at radius 2 is 2.03 bits per heavy atom. The normalized spacial score (nSPS) is 24.3. The van der Waals surface area contributed by atoms with Crippen molar-refractivity contribution < 1.29 is 5.11 Å². The zero-order valence-corrected chi connectivity index (χ0v) is 16.7. The Hall–Kier alpha value is -2.43. The Morgan fingerprint density at radius 3 is 2.79 bits per heavy atom. The quantitative estimate of drug-likeness (QED) is 0.693. The van der Waals surface area contributed by atoms with Crippen LogP contribution >= 0.6 is 0 Å². The van der Waals surface area contributed by atoms with Gasteiger partial charge in [-0.3, -0.25) is 4.90 Å². The van der Waals surface area contributed by atoms with E-state index in [9.17, 15) is 5.11 Å². The molecule has 1 aliphatic heterocycles. The van der Waals surface area contributed by atoms with E-state index in [2.05, 4.69) is 31.6 Å². The number of fused-ring (bicyclic) bond motifs is 3. The van der Waals surface area contributed by atoms with E-state index in [-0.39, 0.29) is 0 Å². The molecule has 2 aliphatic rings.